The second-order valence-electron chi connectivity index (χ2n) is 8.13. The topological polar surface area (TPSA) is 58.9 Å². The number of hydrogen-bond acceptors (Lipinski definition) is 5. The summed E-state index contributed by atoms with van der Waals surface area (Å²) >= 11 is 6.62. The summed E-state index contributed by atoms with van der Waals surface area (Å²) < 4.78 is 16.1. The van der Waals surface area contributed by atoms with E-state index < -0.39 is 0 Å². The van der Waals surface area contributed by atoms with E-state index in [0.29, 0.717) is 39.5 Å². The summed E-state index contributed by atoms with van der Waals surface area (Å²) in [5.41, 5.74) is 3.15. The van der Waals surface area contributed by atoms with Crippen molar-refractivity contribution in [1.82, 2.24) is 25.1 Å². The molecule has 30 heavy (non-hydrogen) atoms. The summed E-state index contributed by atoms with van der Waals surface area (Å²) in [6, 6.07) is 7.92. The summed E-state index contributed by atoms with van der Waals surface area (Å²) in [5, 5.41) is 9.75. The van der Waals surface area contributed by atoms with Crippen LogP contribution in [0.3, 0.4) is 0 Å². The van der Waals surface area contributed by atoms with Crippen molar-refractivity contribution in [1.29, 1.82) is 0 Å². The van der Waals surface area contributed by atoms with Crippen molar-refractivity contribution < 1.29 is 4.39 Å². The molecule has 0 saturated carbocycles. The number of fused-ring (bicyclic) bond motifs is 2. The lowest BCUT2D eigenvalue weighted by atomic mass is 10.1. The normalized spacial score (nSPS) is 19.7. The molecule has 1 aliphatic rings. The Kier molecular flexibility index (Phi) is 4.60. The number of nitrogens with one attached hydrogen (secondary N) is 1. The van der Waals surface area contributed by atoms with Gasteiger partial charge in [0.05, 0.1) is 22.6 Å². The molecule has 4 heterocycles. The van der Waals surface area contributed by atoms with Crippen LogP contribution in [0.1, 0.15) is 13.8 Å². The van der Waals surface area contributed by atoms with E-state index in [4.69, 9.17) is 11.6 Å². The number of aryl methyl sites for hydroxylation is 1. The molecule has 1 N–H and O–H groups in total. The Morgan fingerprint density at radius 2 is 1.90 bits per heavy atom. The molecule has 3 aromatic heterocycles. The van der Waals surface area contributed by atoms with Crippen LogP contribution in [0.4, 0.5) is 10.1 Å². The molecule has 0 unspecified atom stereocenters. The van der Waals surface area contributed by atoms with Crippen molar-refractivity contribution in [3.05, 3.63) is 47.5 Å². The van der Waals surface area contributed by atoms with E-state index in [1.54, 1.807) is 24.0 Å². The first-order valence-electron chi connectivity index (χ1n) is 9.98. The van der Waals surface area contributed by atoms with E-state index in [0.717, 1.165) is 29.5 Å². The van der Waals surface area contributed by atoms with Gasteiger partial charge in [-0.25, -0.2) is 14.4 Å². The maximum absolute atomic E-state index is 14.5. The number of aromatic nitrogens is 4. The predicted octanol–water partition coefficient (Wildman–Crippen LogP) is 4.16. The Hall–Kier alpha value is -2.77. The van der Waals surface area contributed by atoms with E-state index in [1.807, 2.05) is 18.3 Å². The molecule has 0 amide bonds. The lowest BCUT2D eigenvalue weighted by Crippen LogP contribution is -2.54. The van der Waals surface area contributed by atoms with Crippen LogP contribution in [0.2, 0.25) is 5.02 Å². The van der Waals surface area contributed by atoms with E-state index in [1.165, 1.54) is 6.07 Å². The molecule has 1 fully saturated rings. The number of pyridine rings is 2. The van der Waals surface area contributed by atoms with Gasteiger partial charge in [-0.3, -0.25) is 4.68 Å². The summed E-state index contributed by atoms with van der Waals surface area (Å²) in [6.07, 6.45) is 3.62. The molecule has 8 heteroatoms. The molecular formula is C22H22ClFN6. The molecular weight excluding hydrogens is 403 g/mol. The van der Waals surface area contributed by atoms with Crippen molar-refractivity contribution in [3.8, 4) is 11.3 Å². The minimum absolute atomic E-state index is 0.343. The minimum atomic E-state index is -0.383. The van der Waals surface area contributed by atoms with Gasteiger partial charge in [0.25, 0.3) is 0 Å². The third-order valence-corrected chi connectivity index (χ3v) is 5.81. The highest BCUT2D eigenvalue weighted by molar-refractivity contribution is 6.35. The van der Waals surface area contributed by atoms with Gasteiger partial charge in [-0.2, -0.15) is 5.10 Å². The molecule has 1 saturated heterocycles. The molecule has 1 aliphatic heterocycles. The second kappa shape index (κ2) is 7.18. The van der Waals surface area contributed by atoms with Crippen molar-refractivity contribution in [3.63, 3.8) is 0 Å². The molecule has 0 bridgehead atoms. The van der Waals surface area contributed by atoms with Crippen LogP contribution in [0.5, 0.6) is 0 Å². The zero-order valence-corrected chi connectivity index (χ0v) is 17.8. The van der Waals surface area contributed by atoms with Gasteiger partial charge in [-0.05, 0) is 38.1 Å². The van der Waals surface area contributed by atoms with Crippen LogP contribution >= 0.6 is 11.6 Å². The number of rotatable bonds is 2. The standard InChI is InChI=1S/C22H22ClFN6/c1-12-9-30(10-13(2)26-12)16-6-17-18(23)7-20(27-22(17)25-8-16)14-4-15-11-29(3)28-21(15)19(24)5-14/h4-8,11-13,26H,9-10H2,1-3H3/t12-,13-/m0/s1. The fourth-order valence-corrected chi connectivity index (χ4v) is 4.52. The summed E-state index contributed by atoms with van der Waals surface area (Å²) in [5.74, 6) is -0.383. The highest BCUT2D eigenvalue weighted by Gasteiger charge is 2.22. The van der Waals surface area contributed by atoms with Gasteiger partial charge in [0.1, 0.15) is 5.52 Å². The van der Waals surface area contributed by atoms with Gasteiger partial charge >= 0.3 is 0 Å². The van der Waals surface area contributed by atoms with Crippen LogP contribution in [0.15, 0.2) is 36.7 Å². The van der Waals surface area contributed by atoms with Crippen LogP contribution in [0.25, 0.3) is 33.2 Å². The average molecular weight is 425 g/mol. The average Bonchev–Trinajstić information content (AvgIpc) is 3.08. The number of nitrogens with zero attached hydrogens (tertiary/aromatic N) is 5. The zero-order valence-electron chi connectivity index (χ0n) is 17.0. The predicted molar refractivity (Wildman–Crippen MR) is 118 cm³/mol. The van der Waals surface area contributed by atoms with E-state index in [9.17, 15) is 4.39 Å². The van der Waals surface area contributed by atoms with Crippen molar-refractivity contribution in [2.45, 2.75) is 25.9 Å². The van der Waals surface area contributed by atoms with Gasteiger partial charge in [-0.15, -0.1) is 0 Å². The SMILES string of the molecule is C[C@H]1CN(c2cnc3nc(-c4cc(F)c5nn(C)cc5c4)cc(Cl)c3c2)C[C@H](C)N1. The quantitative estimate of drug-likeness (QED) is 0.523. The van der Waals surface area contributed by atoms with Crippen molar-refractivity contribution in [2.24, 2.45) is 7.05 Å². The lowest BCUT2D eigenvalue weighted by Gasteiger charge is -2.37. The van der Waals surface area contributed by atoms with Gasteiger partial charge < -0.3 is 10.2 Å². The highest BCUT2D eigenvalue weighted by atomic mass is 35.5. The summed E-state index contributed by atoms with van der Waals surface area (Å²) in [4.78, 5) is 11.5. The third-order valence-electron chi connectivity index (χ3n) is 5.49. The third kappa shape index (κ3) is 3.38. The second-order valence-corrected chi connectivity index (χ2v) is 8.53. The number of halogens is 2. The lowest BCUT2D eigenvalue weighted by molar-refractivity contribution is 0.407. The fraction of sp³-hybridized carbons (Fsp3) is 0.318. The maximum atomic E-state index is 14.5. The van der Waals surface area contributed by atoms with E-state index in [-0.39, 0.29) is 5.82 Å². The molecule has 0 radical (unpaired) electrons. The largest absolute Gasteiger partial charge is 0.367 e. The molecule has 0 aliphatic carbocycles. The number of benzene rings is 1. The highest BCUT2D eigenvalue weighted by Crippen LogP contribution is 2.32. The van der Waals surface area contributed by atoms with Gasteiger partial charge in [0.2, 0.25) is 0 Å². The van der Waals surface area contributed by atoms with Crippen LogP contribution in [-0.2, 0) is 7.05 Å². The van der Waals surface area contributed by atoms with Crippen LogP contribution in [0, 0.1) is 5.82 Å². The molecule has 0 spiro atoms. The van der Waals surface area contributed by atoms with Crippen LogP contribution in [-0.4, -0.2) is 44.9 Å². The Labute approximate surface area is 178 Å². The molecule has 4 aromatic rings. The number of piperazine rings is 1. The number of hydrogen-bond donors (Lipinski definition) is 1. The fourth-order valence-electron chi connectivity index (χ4n) is 4.27. The zero-order chi connectivity index (χ0) is 21.0. The maximum Gasteiger partial charge on any atom is 0.161 e. The first kappa shape index (κ1) is 19.2. The molecule has 1 aromatic carbocycles. The Bertz CT molecular complexity index is 1260. The Morgan fingerprint density at radius 1 is 1.13 bits per heavy atom. The summed E-state index contributed by atoms with van der Waals surface area (Å²) in [7, 11) is 1.77. The first-order valence-corrected chi connectivity index (χ1v) is 10.4. The van der Waals surface area contributed by atoms with E-state index >= 15 is 0 Å². The minimum Gasteiger partial charge on any atom is -0.367 e. The Balaban J connectivity index is 1.56. The molecule has 2 atom stereocenters. The van der Waals surface area contributed by atoms with Gasteiger partial charge in [-0.1, -0.05) is 11.6 Å². The summed E-state index contributed by atoms with van der Waals surface area (Å²) in [6.45, 7) is 6.17. The molecule has 154 valence electrons. The van der Waals surface area contributed by atoms with Crippen molar-refractivity contribution >= 4 is 39.2 Å². The molecule has 5 rings (SSSR count). The molecule has 6 nitrogen and oxygen atoms in total. The monoisotopic (exact) mass is 424 g/mol. The smallest absolute Gasteiger partial charge is 0.161 e. The Morgan fingerprint density at radius 3 is 2.67 bits per heavy atom. The first-order chi connectivity index (χ1) is 14.4. The van der Waals surface area contributed by atoms with Crippen molar-refractivity contribution in [2.75, 3.05) is 18.0 Å². The number of anilines is 1. The van der Waals surface area contributed by atoms with Gasteiger partial charge in [0.15, 0.2) is 11.5 Å². The van der Waals surface area contributed by atoms with E-state index in [2.05, 4.69) is 39.1 Å². The van der Waals surface area contributed by atoms with Crippen LogP contribution < -0.4 is 10.2 Å². The van der Waals surface area contributed by atoms with Gasteiger partial charge in [0, 0.05) is 54.8 Å².